The van der Waals surface area contributed by atoms with Gasteiger partial charge in [0.2, 0.25) is 5.91 Å². The first-order valence-electron chi connectivity index (χ1n) is 12.8. The Bertz CT molecular complexity index is 1130. The normalized spacial score (nSPS) is 20.8. The van der Waals surface area contributed by atoms with Crippen LogP contribution in [0, 0.1) is 5.92 Å². The van der Waals surface area contributed by atoms with E-state index >= 15 is 0 Å². The van der Waals surface area contributed by atoms with Crippen LogP contribution in [0.5, 0.6) is 0 Å². The topological polar surface area (TPSA) is 61.6 Å². The molecule has 9 heteroatoms. The van der Waals surface area contributed by atoms with E-state index < -0.39 is 11.7 Å². The summed E-state index contributed by atoms with van der Waals surface area (Å²) in [6.07, 6.45) is -0.111. The Morgan fingerprint density at radius 2 is 1.89 bits per heavy atom. The quantitative estimate of drug-likeness (QED) is 0.460. The van der Waals surface area contributed by atoms with Crippen LogP contribution < -0.4 is 16.0 Å². The molecule has 0 bridgehead atoms. The summed E-state index contributed by atoms with van der Waals surface area (Å²) in [5.41, 5.74) is 8.53. The largest absolute Gasteiger partial charge is 0.416 e. The molecule has 194 valence electrons. The molecule has 2 aromatic carbocycles. The van der Waals surface area contributed by atoms with Crippen molar-refractivity contribution in [2.24, 2.45) is 11.7 Å². The van der Waals surface area contributed by atoms with Crippen LogP contribution >= 0.6 is 11.8 Å². The third-order valence-electron chi connectivity index (χ3n) is 7.62. The number of rotatable bonds is 6. The summed E-state index contributed by atoms with van der Waals surface area (Å²) in [5.74, 6) is -0.444. The Hall–Kier alpha value is -2.39. The second-order valence-electron chi connectivity index (χ2n) is 10.2. The predicted octanol–water partition coefficient (Wildman–Crippen LogP) is 5.36. The van der Waals surface area contributed by atoms with Crippen molar-refractivity contribution in [1.82, 2.24) is 4.90 Å². The van der Waals surface area contributed by atoms with Crippen molar-refractivity contribution in [2.75, 3.05) is 42.9 Å². The fourth-order valence-corrected chi connectivity index (χ4v) is 6.74. The number of hydrogen-bond donors (Lipinski definition) is 2. The second-order valence-corrected chi connectivity index (χ2v) is 11.2. The molecular formula is C27H33F3N4OS. The van der Waals surface area contributed by atoms with Crippen LogP contribution in [0.4, 0.5) is 24.5 Å². The Balaban J connectivity index is 1.39. The SMILES string of the molecule is CCCN1CCC(Nc2cc(C(F)(F)F)cc3c2Cc2ccc(N4CCC(C(N)=O)C4)cc2S3)CC1. The predicted molar refractivity (Wildman–Crippen MR) is 138 cm³/mol. The summed E-state index contributed by atoms with van der Waals surface area (Å²) in [7, 11) is 0. The van der Waals surface area contributed by atoms with Gasteiger partial charge in [0.25, 0.3) is 0 Å². The number of halogens is 3. The third kappa shape index (κ3) is 5.32. The molecule has 3 N–H and O–H groups in total. The zero-order valence-electron chi connectivity index (χ0n) is 20.5. The lowest BCUT2D eigenvalue weighted by molar-refractivity contribution is -0.137. The van der Waals surface area contributed by atoms with E-state index in [-0.39, 0.29) is 17.9 Å². The smallest absolute Gasteiger partial charge is 0.382 e. The van der Waals surface area contributed by atoms with Gasteiger partial charge in [0.1, 0.15) is 0 Å². The number of carbonyl (C=O) groups excluding carboxylic acids is 1. The van der Waals surface area contributed by atoms with Gasteiger partial charge in [0, 0.05) is 59.8 Å². The minimum atomic E-state index is -4.40. The van der Waals surface area contributed by atoms with Gasteiger partial charge in [-0.05, 0) is 67.6 Å². The zero-order chi connectivity index (χ0) is 25.4. The number of anilines is 2. The number of nitrogens with zero attached hydrogens (tertiary/aromatic N) is 2. The lowest BCUT2D eigenvalue weighted by Crippen LogP contribution is -2.39. The number of benzene rings is 2. The summed E-state index contributed by atoms with van der Waals surface area (Å²) in [5, 5.41) is 3.49. The molecule has 3 aliphatic rings. The molecule has 5 nitrogen and oxygen atoms in total. The van der Waals surface area contributed by atoms with Gasteiger partial charge in [-0.15, -0.1) is 0 Å². The lowest BCUT2D eigenvalue weighted by atomic mass is 9.98. The molecule has 0 radical (unpaired) electrons. The molecule has 1 amide bonds. The summed E-state index contributed by atoms with van der Waals surface area (Å²) in [4.78, 5) is 17.8. The molecule has 3 heterocycles. The standard InChI is InChI=1S/C27H33F3N4OS/c1-2-8-33-9-6-20(7-10-33)32-23-13-19(27(28,29)30)14-25-22(23)12-17-3-4-21(15-24(17)36-25)34-11-5-18(16-34)26(31)35/h3-4,13-15,18,20,32H,2,5-12,16H2,1H3,(H2,31,35). The van der Waals surface area contributed by atoms with E-state index in [1.165, 1.54) is 23.9 Å². The highest BCUT2D eigenvalue weighted by Crippen LogP contribution is 2.47. The number of hydrogen-bond acceptors (Lipinski definition) is 5. The van der Waals surface area contributed by atoms with Crippen LogP contribution in [0.15, 0.2) is 40.1 Å². The molecule has 3 aliphatic heterocycles. The summed E-state index contributed by atoms with van der Waals surface area (Å²) < 4.78 is 41.5. The Morgan fingerprint density at radius 3 is 2.56 bits per heavy atom. The van der Waals surface area contributed by atoms with Crippen LogP contribution in [0.3, 0.4) is 0 Å². The summed E-state index contributed by atoms with van der Waals surface area (Å²) >= 11 is 1.41. The number of piperidine rings is 1. The first-order valence-corrected chi connectivity index (χ1v) is 13.6. The van der Waals surface area contributed by atoms with E-state index in [1.807, 2.05) is 12.1 Å². The molecule has 1 atom stereocenters. The number of carbonyl (C=O) groups is 1. The van der Waals surface area contributed by atoms with E-state index in [2.05, 4.69) is 28.1 Å². The molecule has 1 unspecified atom stereocenters. The molecule has 0 saturated carbocycles. The Morgan fingerprint density at radius 1 is 1.11 bits per heavy atom. The number of nitrogens with one attached hydrogen (secondary N) is 1. The minimum Gasteiger partial charge on any atom is -0.382 e. The van der Waals surface area contributed by atoms with E-state index in [0.29, 0.717) is 23.5 Å². The van der Waals surface area contributed by atoms with Gasteiger partial charge >= 0.3 is 6.18 Å². The van der Waals surface area contributed by atoms with Gasteiger partial charge in [-0.25, -0.2) is 0 Å². The molecule has 5 rings (SSSR count). The van der Waals surface area contributed by atoms with Gasteiger partial charge in [-0.3, -0.25) is 4.79 Å². The number of primary amides is 1. The molecule has 2 fully saturated rings. The molecule has 2 aromatic rings. The summed E-state index contributed by atoms with van der Waals surface area (Å²) in [6, 6.07) is 8.93. The minimum absolute atomic E-state index is 0.161. The average Bonchev–Trinajstić information content (AvgIpc) is 3.34. The average molecular weight is 519 g/mol. The zero-order valence-corrected chi connectivity index (χ0v) is 21.4. The fraction of sp³-hybridized carbons (Fsp3) is 0.519. The van der Waals surface area contributed by atoms with Gasteiger partial charge < -0.3 is 20.9 Å². The van der Waals surface area contributed by atoms with Crippen molar-refractivity contribution in [3.63, 3.8) is 0 Å². The number of nitrogens with two attached hydrogens (primary N) is 1. The highest BCUT2D eigenvalue weighted by Gasteiger charge is 2.34. The molecule has 2 saturated heterocycles. The molecule has 0 aliphatic carbocycles. The van der Waals surface area contributed by atoms with E-state index in [9.17, 15) is 18.0 Å². The van der Waals surface area contributed by atoms with Crippen LogP contribution in [-0.4, -0.2) is 49.6 Å². The molecular weight excluding hydrogens is 485 g/mol. The maximum Gasteiger partial charge on any atom is 0.416 e. The summed E-state index contributed by atoms with van der Waals surface area (Å²) in [6.45, 7) is 6.51. The van der Waals surface area contributed by atoms with E-state index in [4.69, 9.17) is 5.73 Å². The van der Waals surface area contributed by atoms with Crippen molar-refractivity contribution >= 4 is 29.0 Å². The van der Waals surface area contributed by atoms with Gasteiger partial charge in [0.05, 0.1) is 11.5 Å². The first-order chi connectivity index (χ1) is 17.2. The van der Waals surface area contributed by atoms with Gasteiger partial charge in [0.15, 0.2) is 0 Å². The Labute approximate surface area is 214 Å². The number of likely N-dealkylation sites (tertiary alicyclic amines) is 1. The van der Waals surface area contributed by atoms with Crippen molar-refractivity contribution in [3.05, 3.63) is 47.0 Å². The van der Waals surface area contributed by atoms with E-state index in [1.54, 1.807) is 0 Å². The third-order valence-corrected chi connectivity index (χ3v) is 8.80. The van der Waals surface area contributed by atoms with Gasteiger partial charge in [-0.2, -0.15) is 13.2 Å². The first kappa shape index (κ1) is 25.3. The monoisotopic (exact) mass is 518 g/mol. The maximum atomic E-state index is 13.8. The van der Waals surface area contributed by atoms with Crippen LogP contribution in [0.1, 0.15) is 49.3 Å². The van der Waals surface area contributed by atoms with Gasteiger partial charge in [-0.1, -0.05) is 24.8 Å². The van der Waals surface area contributed by atoms with Crippen LogP contribution in [0.25, 0.3) is 0 Å². The highest BCUT2D eigenvalue weighted by atomic mass is 32.2. The van der Waals surface area contributed by atoms with Crippen molar-refractivity contribution in [1.29, 1.82) is 0 Å². The van der Waals surface area contributed by atoms with Crippen LogP contribution in [-0.2, 0) is 17.4 Å². The number of alkyl halides is 3. The van der Waals surface area contributed by atoms with Crippen molar-refractivity contribution in [3.8, 4) is 0 Å². The molecule has 0 aromatic heterocycles. The van der Waals surface area contributed by atoms with E-state index in [0.717, 1.165) is 73.6 Å². The maximum absolute atomic E-state index is 13.8. The second kappa shape index (κ2) is 10.2. The Kier molecular flexibility index (Phi) is 7.14. The lowest BCUT2D eigenvalue weighted by Gasteiger charge is -2.34. The highest BCUT2D eigenvalue weighted by molar-refractivity contribution is 7.99. The molecule has 0 spiro atoms. The fourth-order valence-electron chi connectivity index (χ4n) is 5.57. The van der Waals surface area contributed by atoms with Crippen molar-refractivity contribution < 1.29 is 18.0 Å². The number of fused-ring (bicyclic) bond motifs is 2. The molecule has 36 heavy (non-hydrogen) atoms. The number of amides is 1. The van der Waals surface area contributed by atoms with Crippen molar-refractivity contribution in [2.45, 2.75) is 61.0 Å². The van der Waals surface area contributed by atoms with Crippen LogP contribution in [0.2, 0.25) is 0 Å².